The van der Waals surface area contributed by atoms with Gasteiger partial charge in [-0.3, -0.25) is 4.79 Å². The van der Waals surface area contributed by atoms with Crippen LogP contribution in [-0.4, -0.2) is 17.7 Å². The van der Waals surface area contributed by atoms with Gasteiger partial charge < -0.3 is 9.84 Å². The van der Waals surface area contributed by atoms with Crippen LogP contribution in [0.3, 0.4) is 0 Å². The molecule has 0 saturated heterocycles. The summed E-state index contributed by atoms with van der Waals surface area (Å²) in [5.41, 5.74) is 2.16. The molecule has 1 aromatic rings. The first kappa shape index (κ1) is 12.9. The first-order valence-electron chi connectivity index (χ1n) is 6.59. The van der Waals surface area contributed by atoms with Gasteiger partial charge in [-0.25, -0.2) is 0 Å². The molecule has 1 N–H and O–H groups in total. The normalized spacial score (nSPS) is 15.2. The summed E-state index contributed by atoms with van der Waals surface area (Å²) in [5, 5.41) is 8.76. The fourth-order valence-electron chi connectivity index (χ4n) is 2.15. The summed E-state index contributed by atoms with van der Waals surface area (Å²) in [4.78, 5) is 10.6. The first-order chi connectivity index (χ1) is 8.65. The Morgan fingerprint density at radius 3 is 2.83 bits per heavy atom. The molecule has 2 rings (SSSR count). The third-order valence-electron chi connectivity index (χ3n) is 3.52. The van der Waals surface area contributed by atoms with Gasteiger partial charge in [-0.15, -0.1) is 0 Å². The summed E-state index contributed by atoms with van der Waals surface area (Å²) >= 11 is 0. The lowest BCUT2D eigenvalue weighted by Crippen LogP contribution is -2.19. The molecule has 0 aliphatic heterocycles. The SMILES string of the molecule is Cc1ccc(OCC2CCC2)c(CCC(=O)O)c1. The molecule has 1 saturated carbocycles. The van der Waals surface area contributed by atoms with Crippen LogP contribution in [0.15, 0.2) is 18.2 Å². The molecule has 0 heterocycles. The number of benzene rings is 1. The van der Waals surface area contributed by atoms with E-state index in [-0.39, 0.29) is 6.42 Å². The van der Waals surface area contributed by atoms with Gasteiger partial charge in [0.05, 0.1) is 6.61 Å². The molecule has 0 aromatic heterocycles. The van der Waals surface area contributed by atoms with Crippen LogP contribution in [0.2, 0.25) is 0 Å². The standard InChI is InChI=1S/C15H20O3/c1-11-5-7-14(18-10-12-3-2-4-12)13(9-11)6-8-15(16)17/h5,7,9,12H,2-4,6,8,10H2,1H3,(H,16,17). The Hall–Kier alpha value is -1.51. The van der Waals surface area contributed by atoms with Crippen molar-refractivity contribution in [3.63, 3.8) is 0 Å². The molecule has 3 nitrogen and oxygen atoms in total. The lowest BCUT2D eigenvalue weighted by atomic mass is 9.86. The van der Waals surface area contributed by atoms with Gasteiger partial charge in [0.2, 0.25) is 0 Å². The summed E-state index contributed by atoms with van der Waals surface area (Å²) in [7, 11) is 0. The summed E-state index contributed by atoms with van der Waals surface area (Å²) in [6, 6.07) is 6.00. The minimum Gasteiger partial charge on any atom is -0.493 e. The van der Waals surface area contributed by atoms with Crippen molar-refractivity contribution in [1.82, 2.24) is 0 Å². The van der Waals surface area contributed by atoms with Crippen molar-refractivity contribution in [2.75, 3.05) is 6.61 Å². The molecule has 0 bridgehead atoms. The monoisotopic (exact) mass is 248 g/mol. The fraction of sp³-hybridized carbons (Fsp3) is 0.533. The number of carbonyl (C=O) groups is 1. The van der Waals surface area contributed by atoms with Crippen molar-refractivity contribution in [3.8, 4) is 5.75 Å². The second-order valence-corrected chi connectivity index (χ2v) is 5.11. The summed E-state index contributed by atoms with van der Waals surface area (Å²) in [6.07, 6.45) is 4.53. The van der Waals surface area contributed by atoms with Crippen LogP contribution in [0.1, 0.15) is 36.8 Å². The van der Waals surface area contributed by atoms with Crippen LogP contribution in [0.5, 0.6) is 5.75 Å². The maximum atomic E-state index is 10.6. The van der Waals surface area contributed by atoms with Gasteiger partial charge in [0.25, 0.3) is 0 Å². The lowest BCUT2D eigenvalue weighted by molar-refractivity contribution is -0.136. The average Bonchev–Trinajstić information content (AvgIpc) is 2.26. The van der Waals surface area contributed by atoms with Gasteiger partial charge in [-0.1, -0.05) is 24.1 Å². The van der Waals surface area contributed by atoms with E-state index in [4.69, 9.17) is 9.84 Å². The van der Waals surface area contributed by atoms with Crippen molar-refractivity contribution < 1.29 is 14.6 Å². The van der Waals surface area contributed by atoms with Crippen LogP contribution < -0.4 is 4.74 Å². The Bertz CT molecular complexity index is 422. The molecule has 1 aromatic carbocycles. The maximum Gasteiger partial charge on any atom is 0.303 e. The zero-order valence-corrected chi connectivity index (χ0v) is 10.8. The van der Waals surface area contributed by atoms with Crippen molar-refractivity contribution >= 4 is 5.97 Å². The number of hydrogen-bond donors (Lipinski definition) is 1. The predicted octanol–water partition coefficient (Wildman–Crippen LogP) is 3.19. The van der Waals surface area contributed by atoms with Gasteiger partial charge in [-0.05, 0) is 43.7 Å². The van der Waals surface area contributed by atoms with Crippen molar-refractivity contribution in [3.05, 3.63) is 29.3 Å². The van der Waals surface area contributed by atoms with Gasteiger partial charge in [0.1, 0.15) is 5.75 Å². The summed E-state index contributed by atoms with van der Waals surface area (Å²) in [5.74, 6) is 0.786. The molecule has 18 heavy (non-hydrogen) atoms. The maximum absolute atomic E-state index is 10.6. The number of carboxylic acids is 1. The smallest absolute Gasteiger partial charge is 0.303 e. The van der Waals surface area contributed by atoms with Gasteiger partial charge in [0.15, 0.2) is 0 Å². The van der Waals surface area contributed by atoms with Crippen molar-refractivity contribution in [2.45, 2.75) is 39.0 Å². The number of hydrogen-bond acceptors (Lipinski definition) is 2. The highest BCUT2D eigenvalue weighted by atomic mass is 16.5. The summed E-state index contributed by atoms with van der Waals surface area (Å²) in [6.45, 7) is 2.78. The van der Waals surface area contributed by atoms with Crippen molar-refractivity contribution in [1.29, 1.82) is 0 Å². The molecule has 1 aliphatic rings. The molecule has 1 aliphatic carbocycles. The van der Waals surface area contributed by atoms with E-state index < -0.39 is 5.97 Å². The molecule has 0 amide bonds. The molecule has 3 heteroatoms. The van der Waals surface area contributed by atoms with Crippen LogP contribution in [0.25, 0.3) is 0 Å². The highest BCUT2D eigenvalue weighted by Gasteiger charge is 2.18. The van der Waals surface area contributed by atoms with Gasteiger partial charge in [-0.2, -0.15) is 0 Å². The number of rotatable bonds is 6. The van der Waals surface area contributed by atoms with Crippen LogP contribution in [-0.2, 0) is 11.2 Å². The minimum atomic E-state index is -0.763. The average molecular weight is 248 g/mol. The van der Waals surface area contributed by atoms with E-state index in [2.05, 4.69) is 0 Å². The Balaban J connectivity index is 1.99. The van der Waals surface area contributed by atoms with E-state index in [1.807, 2.05) is 25.1 Å². The molecule has 0 unspecified atom stereocenters. The molecule has 0 radical (unpaired) electrons. The van der Waals surface area contributed by atoms with Crippen LogP contribution in [0.4, 0.5) is 0 Å². The lowest BCUT2D eigenvalue weighted by Gasteiger charge is -2.25. The molecular formula is C15H20O3. The van der Waals surface area contributed by atoms with E-state index in [9.17, 15) is 4.79 Å². The second kappa shape index (κ2) is 5.89. The van der Waals surface area contributed by atoms with Gasteiger partial charge in [0, 0.05) is 6.42 Å². The zero-order valence-electron chi connectivity index (χ0n) is 10.8. The third-order valence-corrected chi connectivity index (χ3v) is 3.52. The van der Waals surface area contributed by atoms with Crippen LogP contribution in [0, 0.1) is 12.8 Å². The molecule has 0 spiro atoms. The quantitative estimate of drug-likeness (QED) is 0.841. The van der Waals surface area contributed by atoms with Crippen molar-refractivity contribution in [2.24, 2.45) is 5.92 Å². The molecule has 98 valence electrons. The Morgan fingerprint density at radius 2 is 2.22 bits per heavy atom. The molecular weight excluding hydrogens is 228 g/mol. The number of aliphatic carboxylic acids is 1. The zero-order chi connectivity index (χ0) is 13.0. The Kier molecular flexibility index (Phi) is 4.24. The predicted molar refractivity (Wildman–Crippen MR) is 70.0 cm³/mol. The van der Waals surface area contributed by atoms with E-state index in [1.54, 1.807) is 0 Å². The first-order valence-corrected chi connectivity index (χ1v) is 6.59. The number of ether oxygens (including phenoxy) is 1. The van der Waals surface area contributed by atoms with E-state index in [0.29, 0.717) is 12.3 Å². The highest BCUT2D eigenvalue weighted by Crippen LogP contribution is 2.28. The van der Waals surface area contributed by atoms with E-state index in [1.165, 1.54) is 19.3 Å². The molecule has 0 atom stereocenters. The summed E-state index contributed by atoms with van der Waals surface area (Å²) < 4.78 is 5.84. The minimum absolute atomic E-state index is 0.156. The Morgan fingerprint density at radius 1 is 1.44 bits per heavy atom. The molecule has 1 fully saturated rings. The highest BCUT2D eigenvalue weighted by molar-refractivity contribution is 5.67. The Labute approximate surface area is 108 Å². The topological polar surface area (TPSA) is 46.5 Å². The van der Waals surface area contributed by atoms with E-state index >= 15 is 0 Å². The third kappa shape index (κ3) is 3.49. The fourth-order valence-corrected chi connectivity index (χ4v) is 2.15. The number of aryl methyl sites for hydroxylation is 2. The van der Waals surface area contributed by atoms with Crippen LogP contribution >= 0.6 is 0 Å². The number of carboxylic acid groups (broad SMARTS) is 1. The largest absolute Gasteiger partial charge is 0.493 e. The van der Waals surface area contributed by atoms with Gasteiger partial charge >= 0.3 is 5.97 Å². The second-order valence-electron chi connectivity index (χ2n) is 5.11. The van der Waals surface area contributed by atoms with E-state index in [0.717, 1.165) is 23.5 Å².